The van der Waals surface area contributed by atoms with E-state index < -0.39 is 23.5 Å². The maximum atomic E-state index is 15.7. The Morgan fingerprint density at radius 3 is 2.62 bits per heavy atom. The van der Waals surface area contributed by atoms with Gasteiger partial charge in [-0.1, -0.05) is 18.2 Å². The van der Waals surface area contributed by atoms with Gasteiger partial charge in [0, 0.05) is 40.2 Å². The van der Waals surface area contributed by atoms with Gasteiger partial charge < -0.3 is 19.3 Å². The summed E-state index contributed by atoms with van der Waals surface area (Å²) in [6.45, 7) is 9.76. The number of fused-ring (bicyclic) bond motifs is 2. The molecule has 9 heteroatoms. The molecule has 1 N–H and O–H groups in total. The number of aliphatic carboxylic acids is 1. The monoisotopic (exact) mass is 626 g/mol. The largest absolute Gasteiger partial charge is 0.496 e. The topological polar surface area (TPSA) is 90.8 Å². The van der Waals surface area contributed by atoms with Crippen molar-refractivity contribution >= 4 is 27.5 Å². The first kappa shape index (κ1) is 30.7. The van der Waals surface area contributed by atoms with Gasteiger partial charge in [0.15, 0.2) is 17.7 Å². The smallest absolute Gasteiger partial charge is 0.337 e. The Labute approximate surface area is 265 Å². The highest BCUT2D eigenvalue weighted by Gasteiger charge is 2.34. The first-order valence-corrected chi connectivity index (χ1v) is 15.7. The lowest BCUT2D eigenvalue weighted by molar-refractivity contribution is -0.160. The van der Waals surface area contributed by atoms with E-state index in [1.54, 1.807) is 19.5 Å². The van der Waals surface area contributed by atoms with Crippen LogP contribution in [-0.4, -0.2) is 40.4 Å². The molecule has 1 atom stereocenters. The van der Waals surface area contributed by atoms with Gasteiger partial charge in [-0.3, -0.25) is 4.98 Å². The predicted molar refractivity (Wildman–Crippen MR) is 175 cm³/mol. The maximum absolute atomic E-state index is 15.7. The number of aromatic nitrogens is 2. The molecule has 6 rings (SSSR count). The summed E-state index contributed by atoms with van der Waals surface area (Å²) in [5, 5.41) is 11.2. The highest BCUT2D eigenvalue weighted by molar-refractivity contribution is 7.22. The zero-order valence-corrected chi connectivity index (χ0v) is 27.0. The number of pyridine rings is 1. The Hall–Kier alpha value is -4.34. The van der Waals surface area contributed by atoms with Crippen LogP contribution < -0.4 is 9.47 Å². The minimum absolute atomic E-state index is 0.279. The van der Waals surface area contributed by atoms with Crippen LogP contribution in [0.15, 0.2) is 54.9 Å². The minimum atomic E-state index is -1.29. The van der Waals surface area contributed by atoms with Crippen molar-refractivity contribution in [3.8, 4) is 44.3 Å². The van der Waals surface area contributed by atoms with E-state index >= 15 is 4.39 Å². The zero-order chi connectivity index (χ0) is 32.0. The first-order valence-electron chi connectivity index (χ1n) is 14.9. The number of rotatable bonds is 7. The molecule has 3 heterocycles. The molecule has 1 aliphatic rings. The lowest BCUT2D eigenvalue weighted by Gasteiger charge is -2.29. The Bertz CT molecular complexity index is 1940. The van der Waals surface area contributed by atoms with Crippen molar-refractivity contribution in [1.29, 1.82) is 0 Å². The second-order valence-electron chi connectivity index (χ2n) is 12.2. The van der Waals surface area contributed by atoms with E-state index in [1.165, 1.54) is 17.4 Å². The standard InChI is InChI=1S/C36H35FN2O5S/c1-19-15-27-33(45-34(39-27)22-10-7-9-21(16-22)25-18-38-13-12-28(25)42-6)30(29(19)32(35(40)41)44-36(3,4)5)24-17-26(37)31-23(20(24)2)11-8-14-43-31/h7,9-10,12-13,15-18,32H,8,11,14H2,1-6H3,(H,40,41)/t32-/m0/s1. The van der Waals surface area contributed by atoms with E-state index in [9.17, 15) is 9.90 Å². The third kappa shape index (κ3) is 5.78. The van der Waals surface area contributed by atoms with Crippen LogP contribution in [0.4, 0.5) is 4.39 Å². The van der Waals surface area contributed by atoms with E-state index in [0.717, 1.165) is 43.9 Å². The number of halogens is 1. The molecule has 0 radical (unpaired) electrons. The molecule has 0 bridgehead atoms. The summed E-state index contributed by atoms with van der Waals surface area (Å²) in [6.07, 6.45) is 3.62. The average molecular weight is 627 g/mol. The lowest BCUT2D eigenvalue weighted by atomic mass is 9.86. The van der Waals surface area contributed by atoms with E-state index in [1.807, 2.05) is 71.0 Å². The Morgan fingerprint density at radius 1 is 1.11 bits per heavy atom. The summed E-state index contributed by atoms with van der Waals surface area (Å²) in [6, 6.07) is 13.2. The summed E-state index contributed by atoms with van der Waals surface area (Å²) in [4.78, 5) is 22.2. The van der Waals surface area contributed by atoms with Crippen LogP contribution in [0.25, 0.3) is 43.0 Å². The van der Waals surface area contributed by atoms with Crippen LogP contribution in [0.2, 0.25) is 0 Å². The average Bonchev–Trinajstić information content (AvgIpc) is 3.44. The highest BCUT2D eigenvalue weighted by atomic mass is 32.1. The molecule has 0 unspecified atom stereocenters. The molecule has 45 heavy (non-hydrogen) atoms. The number of aryl methyl sites for hydroxylation is 1. The molecule has 3 aromatic carbocycles. The van der Waals surface area contributed by atoms with Crippen LogP contribution in [-0.2, 0) is 16.0 Å². The number of methoxy groups -OCH3 is 1. The Morgan fingerprint density at radius 2 is 1.89 bits per heavy atom. The summed E-state index contributed by atoms with van der Waals surface area (Å²) >= 11 is 1.45. The molecule has 2 aromatic heterocycles. The second-order valence-corrected chi connectivity index (χ2v) is 13.2. The molecule has 0 fully saturated rings. The van der Waals surface area contributed by atoms with Gasteiger partial charge in [-0.05, 0) is 94.0 Å². The van der Waals surface area contributed by atoms with Gasteiger partial charge in [0.1, 0.15) is 10.8 Å². The highest BCUT2D eigenvalue weighted by Crippen LogP contribution is 2.47. The summed E-state index contributed by atoms with van der Waals surface area (Å²) in [7, 11) is 1.63. The van der Waals surface area contributed by atoms with Crippen molar-refractivity contribution < 1.29 is 28.5 Å². The van der Waals surface area contributed by atoms with Crippen molar-refractivity contribution in [2.75, 3.05) is 13.7 Å². The number of carbonyl (C=O) groups is 1. The second kappa shape index (κ2) is 11.9. The van der Waals surface area contributed by atoms with Gasteiger partial charge in [0.05, 0.1) is 29.5 Å². The molecule has 0 spiro atoms. The summed E-state index contributed by atoms with van der Waals surface area (Å²) in [5.74, 6) is -0.587. The van der Waals surface area contributed by atoms with Gasteiger partial charge in [-0.2, -0.15) is 0 Å². The van der Waals surface area contributed by atoms with E-state index in [-0.39, 0.29) is 5.75 Å². The fourth-order valence-electron chi connectivity index (χ4n) is 6.04. The number of hydrogen-bond acceptors (Lipinski definition) is 7. The number of ether oxygens (including phenoxy) is 3. The normalized spacial score (nSPS) is 13.8. The number of thiazole rings is 1. The predicted octanol–water partition coefficient (Wildman–Crippen LogP) is 8.72. The summed E-state index contributed by atoms with van der Waals surface area (Å²) < 4.78 is 33.9. The van der Waals surface area contributed by atoms with Gasteiger partial charge in [0.25, 0.3) is 0 Å². The van der Waals surface area contributed by atoms with Gasteiger partial charge in [-0.15, -0.1) is 11.3 Å². The molecule has 0 saturated carbocycles. The Balaban J connectivity index is 1.62. The number of nitrogens with zero attached hydrogens (tertiary/aromatic N) is 2. The van der Waals surface area contributed by atoms with E-state index in [0.29, 0.717) is 46.5 Å². The number of carboxylic acids is 1. The third-order valence-corrected chi connectivity index (χ3v) is 9.15. The molecule has 0 aliphatic carbocycles. The quantitative estimate of drug-likeness (QED) is 0.193. The number of carboxylic acid groups (broad SMARTS) is 1. The summed E-state index contributed by atoms with van der Waals surface area (Å²) in [5.41, 5.74) is 6.71. The molecule has 7 nitrogen and oxygen atoms in total. The first-order chi connectivity index (χ1) is 21.5. The molecule has 5 aromatic rings. The van der Waals surface area contributed by atoms with Crippen LogP contribution in [0.3, 0.4) is 0 Å². The van der Waals surface area contributed by atoms with Gasteiger partial charge in [0.2, 0.25) is 0 Å². The number of hydrogen-bond donors (Lipinski definition) is 1. The maximum Gasteiger partial charge on any atom is 0.337 e. The molecule has 1 aliphatic heterocycles. The molecular formula is C36H35FN2O5S. The fourth-order valence-corrected chi connectivity index (χ4v) is 7.15. The lowest BCUT2D eigenvalue weighted by Crippen LogP contribution is -2.28. The van der Waals surface area contributed by atoms with Gasteiger partial charge in [-0.25, -0.2) is 14.2 Å². The van der Waals surface area contributed by atoms with Crippen molar-refractivity contribution in [2.24, 2.45) is 0 Å². The molecule has 0 saturated heterocycles. The molecule has 0 amide bonds. The van der Waals surface area contributed by atoms with Crippen LogP contribution >= 0.6 is 11.3 Å². The van der Waals surface area contributed by atoms with Crippen molar-refractivity contribution in [3.05, 3.63) is 82.9 Å². The fraction of sp³-hybridized carbons (Fsp3) is 0.306. The van der Waals surface area contributed by atoms with Crippen molar-refractivity contribution in [2.45, 2.75) is 59.2 Å². The van der Waals surface area contributed by atoms with E-state index in [4.69, 9.17) is 19.2 Å². The van der Waals surface area contributed by atoms with Crippen LogP contribution in [0.1, 0.15) is 55.5 Å². The van der Waals surface area contributed by atoms with Crippen LogP contribution in [0.5, 0.6) is 11.5 Å². The van der Waals surface area contributed by atoms with Gasteiger partial charge >= 0.3 is 5.97 Å². The van der Waals surface area contributed by atoms with Crippen molar-refractivity contribution in [3.63, 3.8) is 0 Å². The third-order valence-electron chi connectivity index (χ3n) is 8.01. The van der Waals surface area contributed by atoms with E-state index in [2.05, 4.69) is 4.98 Å². The molecular weight excluding hydrogens is 591 g/mol. The SMILES string of the molecule is COc1ccncc1-c1cccc(-c2nc3cc(C)c([C@H](OC(C)(C)C)C(=O)O)c(-c4cc(F)c5c(c4C)CCCO5)c3s2)c1. The van der Waals surface area contributed by atoms with Crippen LogP contribution in [0, 0.1) is 19.7 Å². The minimum Gasteiger partial charge on any atom is -0.496 e. The zero-order valence-electron chi connectivity index (χ0n) is 26.2. The Kier molecular flexibility index (Phi) is 8.09. The van der Waals surface area contributed by atoms with Crippen molar-refractivity contribution in [1.82, 2.24) is 9.97 Å². The number of benzene rings is 3. The molecule has 232 valence electrons.